The van der Waals surface area contributed by atoms with Crippen LogP contribution in [-0.4, -0.2) is 81.1 Å². The van der Waals surface area contributed by atoms with Gasteiger partial charge in [0.1, 0.15) is 11.6 Å². The lowest BCUT2D eigenvalue weighted by Gasteiger charge is -2.39. The van der Waals surface area contributed by atoms with E-state index in [2.05, 4.69) is 29.1 Å². The lowest BCUT2D eigenvalue weighted by Crippen LogP contribution is -2.59. The van der Waals surface area contributed by atoms with Crippen LogP contribution >= 0.6 is 15.9 Å². The van der Waals surface area contributed by atoms with Crippen molar-refractivity contribution < 1.29 is 29.0 Å². The van der Waals surface area contributed by atoms with Crippen LogP contribution in [0.25, 0.3) is 0 Å². The first kappa shape index (κ1) is 31.4. The molecular weight excluding hydrogens is 588 g/mol. The predicted octanol–water partition coefficient (Wildman–Crippen LogP) is 4.26. The van der Waals surface area contributed by atoms with Gasteiger partial charge < -0.3 is 24.4 Å². The molecule has 3 unspecified atom stereocenters. The fourth-order valence-electron chi connectivity index (χ4n) is 6.85. The molecule has 1 aromatic carbocycles. The topological polar surface area (TPSA) is 96.4 Å². The van der Waals surface area contributed by atoms with E-state index in [0.29, 0.717) is 25.8 Å². The number of unbranched alkanes of at least 4 members (excludes halogenated alkanes) is 2. The molecule has 1 N–H and O–H groups in total. The normalized spacial score (nSPS) is 29.0. The SMILES string of the molecule is C=CCCCCOC(=O)[C@H]1[C@H]2C(=O)N([C@@H](CO)CC(C)C)C(C(=O)N(CC=C)Cc3ccccc3)C23CC(Br)[C@@H]1O3. The van der Waals surface area contributed by atoms with Crippen LogP contribution in [-0.2, 0) is 30.4 Å². The summed E-state index contributed by atoms with van der Waals surface area (Å²) in [6, 6.07) is 8.07. The largest absolute Gasteiger partial charge is 0.465 e. The summed E-state index contributed by atoms with van der Waals surface area (Å²) in [5.74, 6) is -2.59. The molecule has 0 radical (unpaired) electrons. The number of ether oxygens (including phenoxy) is 2. The number of likely N-dealkylation sites (tertiary alicyclic amines) is 1. The first-order chi connectivity index (χ1) is 19.7. The standard InChI is InChI=1S/C32H43BrN2O6/c1-5-7-8-12-16-40-31(39)25-26-29(37)35(23(20-36)17-21(3)4)28(32(26)18-24(33)27(25)41-32)30(38)34(15-6-2)19-22-13-10-9-11-14-22/h5-6,9-11,13-14,21,23-28,36H,1-2,7-8,12,15-20H2,3-4H3/t23-,24?,25+,26+,27+,28?,32?/m1/s1. The van der Waals surface area contributed by atoms with Gasteiger partial charge in [0.05, 0.1) is 37.2 Å². The van der Waals surface area contributed by atoms with Crippen molar-refractivity contribution in [1.82, 2.24) is 9.80 Å². The van der Waals surface area contributed by atoms with Crippen molar-refractivity contribution in [3.8, 4) is 0 Å². The summed E-state index contributed by atoms with van der Waals surface area (Å²) in [6.45, 7) is 12.2. The number of esters is 1. The van der Waals surface area contributed by atoms with Gasteiger partial charge in [-0.1, -0.05) is 72.3 Å². The summed E-state index contributed by atoms with van der Waals surface area (Å²) in [4.78, 5) is 45.4. The Morgan fingerprint density at radius 1 is 1.24 bits per heavy atom. The van der Waals surface area contributed by atoms with E-state index in [0.717, 1.165) is 18.4 Å². The number of alkyl halides is 1. The van der Waals surface area contributed by atoms with E-state index in [9.17, 15) is 19.5 Å². The molecule has 4 rings (SSSR count). The number of aliphatic hydroxyl groups is 1. The Hall–Kier alpha value is -2.49. The van der Waals surface area contributed by atoms with Gasteiger partial charge in [-0.05, 0) is 43.6 Å². The van der Waals surface area contributed by atoms with Crippen molar-refractivity contribution in [3.05, 3.63) is 61.2 Å². The highest BCUT2D eigenvalue weighted by molar-refractivity contribution is 9.09. The highest BCUT2D eigenvalue weighted by Crippen LogP contribution is 2.61. The molecule has 9 heteroatoms. The van der Waals surface area contributed by atoms with Gasteiger partial charge in [0, 0.05) is 17.9 Å². The maximum Gasteiger partial charge on any atom is 0.312 e. The van der Waals surface area contributed by atoms with Gasteiger partial charge in [0.25, 0.3) is 0 Å². The van der Waals surface area contributed by atoms with Gasteiger partial charge in [0.15, 0.2) is 0 Å². The molecule has 1 aromatic rings. The van der Waals surface area contributed by atoms with Crippen LogP contribution in [0.5, 0.6) is 0 Å². The van der Waals surface area contributed by atoms with Gasteiger partial charge in [-0.2, -0.15) is 0 Å². The third kappa shape index (κ3) is 6.18. The average molecular weight is 632 g/mol. The zero-order valence-corrected chi connectivity index (χ0v) is 25.7. The molecule has 0 saturated carbocycles. The van der Waals surface area contributed by atoms with Gasteiger partial charge in [-0.25, -0.2) is 0 Å². The molecule has 3 heterocycles. The van der Waals surface area contributed by atoms with Crippen LogP contribution in [0.4, 0.5) is 0 Å². The number of aliphatic hydroxyl groups excluding tert-OH is 1. The van der Waals surface area contributed by atoms with Gasteiger partial charge in [-0.15, -0.1) is 13.2 Å². The van der Waals surface area contributed by atoms with Gasteiger partial charge >= 0.3 is 5.97 Å². The highest BCUT2D eigenvalue weighted by Gasteiger charge is 2.77. The lowest BCUT2D eigenvalue weighted by atomic mass is 9.70. The second kappa shape index (κ2) is 13.7. The molecule has 3 aliphatic heterocycles. The second-order valence-corrected chi connectivity index (χ2v) is 13.0. The van der Waals surface area contributed by atoms with Crippen molar-refractivity contribution in [1.29, 1.82) is 0 Å². The Bertz CT molecular complexity index is 1110. The molecule has 3 fully saturated rings. The molecule has 8 nitrogen and oxygen atoms in total. The van der Waals surface area contributed by atoms with Crippen molar-refractivity contribution in [3.63, 3.8) is 0 Å². The summed E-state index contributed by atoms with van der Waals surface area (Å²) < 4.78 is 12.3. The molecule has 3 aliphatic rings. The number of fused-ring (bicyclic) bond motifs is 1. The fourth-order valence-corrected chi connectivity index (χ4v) is 7.80. The van der Waals surface area contributed by atoms with E-state index < -0.39 is 41.6 Å². The van der Waals surface area contributed by atoms with E-state index in [1.54, 1.807) is 15.9 Å². The summed E-state index contributed by atoms with van der Waals surface area (Å²) in [7, 11) is 0. The summed E-state index contributed by atoms with van der Waals surface area (Å²) in [5, 5.41) is 10.5. The minimum absolute atomic E-state index is 0.166. The monoisotopic (exact) mass is 630 g/mol. The number of amides is 2. The van der Waals surface area contributed by atoms with Crippen molar-refractivity contribution in [2.45, 2.75) is 81.1 Å². The van der Waals surface area contributed by atoms with E-state index in [4.69, 9.17) is 9.47 Å². The summed E-state index contributed by atoms with van der Waals surface area (Å²) >= 11 is 3.71. The van der Waals surface area contributed by atoms with Crippen LogP contribution in [0.15, 0.2) is 55.6 Å². The Labute approximate surface area is 251 Å². The zero-order valence-electron chi connectivity index (χ0n) is 24.1. The molecule has 1 spiro atoms. The molecule has 0 aromatic heterocycles. The number of carbonyl (C=O) groups excluding carboxylic acids is 3. The maximum atomic E-state index is 14.6. The maximum absolute atomic E-state index is 14.6. The Balaban J connectivity index is 1.71. The third-order valence-corrected chi connectivity index (χ3v) is 9.35. The smallest absolute Gasteiger partial charge is 0.312 e. The van der Waals surface area contributed by atoms with Crippen molar-refractivity contribution in [2.75, 3.05) is 19.8 Å². The molecule has 3 saturated heterocycles. The van der Waals surface area contributed by atoms with E-state index in [1.165, 1.54) is 0 Å². The van der Waals surface area contributed by atoms with E-state index in [-0.39, 0.29) is 42.3 Å². The number of rotatable bonds is 15. The minimum atomic E-state index is -1.21. The number of benzene rings is 1. The third-order valence-electron chi connectivity index (χ3n) is 8.51. The van der Waals surface area contributed by atoms with Crippen LogP contribution in [0, 0.1) is 17.8 Å². The van der Waals surface area contributed by atoms with Crippen molar-refractivity contribution >= 4 is 33.7 Å². The minimum Gasteiger partial charge on any atom is -0.465 e. The van der Waals surface area contributed by atoms with Crippen LogP contribution in [0.3, 0.4) is 0 Å². The average Bonchev–Trinajstić information content (AvgIpc) is 3.54. The number of hydrogen-bond donors (Lipinski definition) is 1. The first-order valence-corrected chi connectivity index (χ1v) is 15.6. The Morgan fingerprint density at radius 2 is 1.98 bits per heavy atom. The van der Waals surface area contributed by atoms with Crippen LogP contribution in [0.2, 0.25) is 0 Å². The number of hydrogen-bond acceptors (Lipinski definition) is 6. The van der Waals surface area contributed by atoms with E-state index >= 15 is 0 Å². The molecule has 7 atom stereocenters. The first-order valence-electron chi connectivity index (χ1n) is 14.7. The molecule has 2 bridgehead atoms. The Morgan fingerprint density at radius 3 is 2.61 bits per heavy atom. The molecule has 41 heavy (non-hydrogen) atoms. The van der Waals surface area contributed by atoms with Crippen LogP contribution < -0.4 is 0 Å². The zero-order chi connectivity index (χ0) is 29.7. The second-order valence-electron chi connectivity index (χ2n) is 11.8. The summed E-state index contributed by atoms with van der Waals surface area (Å²) in [5.41, 5.74) is -0.263. The number of halogens is 1. The van der Waals surface area contributed by atoms with Crippen molar-refractivity contribution in [2.24, 2.45) is 17.8 Å². The summed E-state index contributed by atoms with van der Waals surface area (Å²) in [6.07, 6.45) is 6.21. The number of nitrogens with zero attached hydrogens (tertiary/aromatic N) is 2. The Kier molecular flexibility index (Phi) is 10.5. The van der Waals surface area contributed by atoms with Gasteiger partial charge in [-0.3, -0.25) is 14.4 Å². The van der Waals surface area contributed by atoms with Crippen LogP contribution in [0.1, 0.15) is 51.5 Å². The molecular formula is C32H43BrN2O6. The fraction of sp³-hybridized carbons (Fsp3) is 0.594. The van der Waals surface area contributed by atoms with Gasteiger partial charge in [0.2, 0.25) is 11.8 Å². The molecule has 0 aliphatic carbocycles. The van der Waals surface area contributed by atoms with E-state index in [1.807, 2.05) is 50.3 Å². The quantitative estimate of drug-likeness (QED) is 0.135. The molecule has 224 valence electrons. The highest BCUT2D eigenvalue weighted by atomic mass is 79.9. The molecule has 2 amide bonds. The lowest BCUT2D eigenvalue weighted by molar-refractivity contribution is -0.156. The number of allylic oxidation sites excluding steroid dienone is 1. The number of carbonyl (C=O) groups is 3. The predicted molar refractivity (Wildman–Crippen MR) is 160 cm³/mol.